The molecule has 0 fully saturated rings. The van der Waals surface area contributed by atoms with Gasteiger partial charge in [-0.05, 0) is 18.6 Å². The number of nitrogens with two attached hydrogens (primary N) is 1. The fourth-order valence-electron chi connectivity index (χ4n) is 1.14. The summed E-state index contributed by atoms with van der Waals surface area (Å²) in [6.45, 7) is 1.88. The van der Waals surface area contributed by atoms with E-state index in [1.165, 1.54) is 0 Å². The summed E-state index contributed by atoms with van der Waals surface area (Å²) in [4.78, 5) is 11.7. The maximum absolute atomic E-state index is 11.4. The van der Waals surface area contributed by atoms with Crippen LogP contribution in [0.3, 0.4) is 0 Å². The third-order valence-electron chi connectivity index (χ3n) is 2.00. The van der Waals surface area contributed by atoms with Gasteiger partial charge in [-0.25, -0.2) is 4.79 Å². The van der Waals surface area contributed by atoms with Crippen LogP contribution in [0.1, 0.15) is 13.3 Å². The Bertz CT molecular complexity index is 368. The molecule has 1 aromatic carbocycles. The van der Waals surface area contributed by atoms with Crippen molar-refractivity contribution in [1.29, 1.82) is 0 Å². The lowest BCUT2D eigenvalue weighted by molar-refractivity contribution is 0.198. The van der Waals surface area contributed by atoms with Gasteiger partial charge >= 0.3 is 6.09 Å². The van der Waals surface area contributed by atoms with Crippen molar-refractivity contribution < 1.29 is 9.53 Å². The van der Waals surface area contributed by atoms with Crippen LogP contribution in [0, 0.1) is 0 Å². The van der Waals surface area contributed by atoms with E-state index in [0.29, 0.717) is 12.2 Å². The lowest BCUT2D eigenvalue weighted by atomic mass is 10.2. The van der Waals surface area contributed by atoms with Gasteiger partial charge in [-0.15, -0.1) is 0 Å². The number of nitrogens with one attached hydrogen (secondary N) is 1. The largest absolute Gasteiger partial charge is 0.413 e. The topological polar surface area (TPSA) is 64.3 Å². The van der Waals surface area contributed by atoms with E-state index in [0.717, 1.165) is 0 Å². The molecule has 1 atom stereocenters. The van der Waals surface area contributed by atoms with Crippen molar-refractivity contribution >= 4 is 23.3 Å². The zero-order chi connectivity index (χ0) is 12.0. The quantitative estimate of drug-likeness (QED) is 0.786. The molecule has 0 aromatic heterocycles. The minimum atomic E-state index is -0.550. The fourth-order valence-corrected chi connectivity index (χ4v) is 1.37. The second-order valence-electron chi connectivity index (χ2n) is 3.21. The number of amides is 1. The number of carbonyl (C=O) groups excluding carboxylic acids is 1. The van der Waals surface area contributed by atoms with Crippen molar-refractivity contribution in [2.24, 2.45) is 5.73 Å². The molecule has 0 bridgehead atoms. The zero-order valence-electron chi connectivity index (χ0n) is 8.97. The standard InChI is InChI=1S/C11H14N2O2S/c1-2-9(10(12)16)13-11(14)15-8-6-4-3-5-7-8/h3-7,9H,2H2,1H3,(H2,12,16)(H,13,14). The number of para-hydroxylation sites is 1. The van der Waals surface area contributed by atoms with Gasteiger partial charge in [0.1, 0.15) is 5.75 Å². The Hall–Kier alpha value is -1.62. The number of ether oxygens (including phenoxy) is 1. The van der Waals surface area contributed by atoms with Crippen LogP contribution in [0.5, 0.6) is 5.75 Å². The highest BCUT2D eigenvalue weighted by atomic mass is 32.1. The normalized spacial score (nSPS) is 11.6. The Kier molecular flexibility index (Phi) is 4.72. The molecule has 0 aliphatic rings. The van der Waals surface area contributed by atoms with E-state index in [4.69, 9.17) is 22.7 Å². The molecule has 4 nitrogen and oxygen atoms in total. The summed E-state index contributed by atoms with van der Waals surface area (Å²) in [7, 11) is 0. The van der Waals surface area contributed by atoms with Gasteiger partial charge in [0.15, 0.2) is 0 Å². The summed E-state index contributed by atoms with van der Waals surface area (Å²) < 4.78 is 5.03. The molecule has 1 rings (SSSR count). The summed E-state index contributed by atoms with van der Waals surface area (Å²) >= 11 is 4.81. The molecule has 0 radical (unpaired) electrons. The maximum Gasteiger partial charge on any atom is 0.413 e. The fraction of sp³-hybridized carbons (Fsp3) is 0.273. The Labute approximate surface area is 99.8 Å². The Balaban J connectivity index is 2.50. The molecule has 0 saturated carbocycles. The van der Waals surface area contributed by atoms with Gasteiger partial charge in [-0.1, -0.05) is 37.3 Å². The molecule has 1 unspecified atom stereocenters. The second-order valence-corrected chi connectivity index (χ2v) is 3.68. The van der Waals surface area contributed by atoms with Crippen LogP contribution in [-0.2, 0) is 0 Å². The highest BCUT2D eigenvalue weighted by Gasteiger charge is 2.13. The molecule has 1 aromatic rings. The highest BCUT2D eigenvalue weighted by Crippen LogP contribution is 2.08. The van der Waals surface area contributed by atoms with E-state index in [-0.39, 0.29) is 11.0 Å². The zero-order valence-corrected chi connectivity index (χ0v) is 9.79. The number of hydrogen-bond donors (Lipinski definition) is 2. The van der Waals surface area contributed by atoms with Gasteiger partial charge < -0.3 is 15.8 Å². The van der Waals surface area contributed by atoms with E-state index >= 15 is 0 Å². The minimum absolute atomic E-state index is 0.257. The summed E-state index contributed by atoms with van der Waals surface area (Å²) in [6.07, 6.45) is 0.0880. The summed E-state index contributed by atoms with van der Waals surface area (Å²) in [6, 6.07) is 8.48. The van der Waals surface area contributed by atoms with E-state index in [1.54, 1.807) is 24.3 Å². The lowest BCUT2D eigenvalue weighted by Crippen LogP contribution is -2.44. The summed E-state index contributed by atoms with van der Waals surface area (Å²) in [5.74, 6) is 0.484. The molecule has 3 N–H and O–H groups in total. The predicted molar refractivity (Wildman–Crippen MR) is 66.5 cm³/mol. The molecule has 0 saturated heterocycles. The first kappa shape index (κ1) is 12.4. The number of thiocarbonyl (C=S) groups is 1. The van der Waals surface area contributed by atoms with Crippen LogP contribution < -0.4 is 15.8 Å². The van der Waals surface area contributed by atoms with Crippen molar-refractivity contribution in [2.45, 2.75) is 19.4 Å². The smallest absolute Gasteiger partial charge is 0.410 e. The molecule has 0 aliphatic heterocycles. The van der Waals surface area contributed by atoms with Crippen LogP contribution in [0.15, 0.2) is 30.3 Å². The van der Waals surface area contributed by atoms with E-state index < -0.39 is 6.09 Å². The molecule has 1 amide bonds. The predicted octanol–water partition coefficient (Wildman–Crippen LogP) is 1.84. The molecule has 16 heavy (non-hydrogen) atoms. The van der Waals surface area contributed by atoms with Crippen LogP contribution in [0.4, 0.5) is 4.79 Å². The molecule has 0 aliphatic carbocycles. The van der Waals surface area contributed by atoms with Gasteiger partial charge in [0.2, 0.25) is 0 Å². The lowest BCUT2D eigenvalue weighted by Gasteiger charge is -2.14. The number of carbonyl (C=O) groups is 1. The minimum Gasteiger partial charge on any atom is -0.410 e. The molecule has 86 valence electrons. The van der Waals surface area contributed by atoms with Gasteiger partial charge in [0.05, 0.1) is 11.0 Å². The number of benzene rings is 1. The molecule has 5 heteroatoms. The van der Waals surface area contributed by atoms with Crippen LogP contribution in [0.2, 0.25) is 0 Å². The third kappa shape index (κ3) is 3.86. The van der Waals surface area contributed by atoms with Gasteiger partial charge in [-0.3, -0.25) is 0 Å². The Morgan fingerprint density at radius 1 is 1.50 bits per heavy atom. The van der Waals surface area contributed by atoms with E-state index in [2.05, 4.69) is 5.32 Å². The molecular formula is C11H14N2O2S. The average molecular weight is 238 g/mol. The van der Waals surface area contributed by atoms with Gasteiger partial charge in [0, 0.05) is 0 Å². The van der Waals surface area contributed by atoms with Gasteiger partial charge in [-0.2, -0.15) is 0 Å². The molecule has 0 heterocycles. The van der Waals surface area contributed by atoms with Crippen molar-refractivity contribution in [3.63, 3.8) is 0 Å². The van der Waals surface area contributed by atoms with Gasteiger partial charge in [0.25, 0.3) is 0 Å². The summed E-state index contributed by atoms with van der Waals surface area (Å²) in [5.41, 5.74) is 5.45. The third-order valence-corrected chi connectivity index (χ3v) is 2.28. The van der Waals surface area contributed by atoms with Crippen molar-refractivity contribution in [1.82, 2.24) is 5.32 Å². The first-order chi connectivity index (χ1) is 7.63. The van der Waals surface area contributed by atoms with E-state index in [9.17, 15) is 4.79 Å². The monoisotopic (exact) mass is 238 g/mol. The van der Waals surface area contributed by atoms with Crippen molar-refractivity contribution in [3.8, 4) is 5.75 Å². The first-order valence-electron chi connectivity index (χ1n) is 4.96. The van der Waals surface area contributed by atoms with E-state index in [1.807, 2.05) is 13.0 Å². The van der Waals surface area contributed by atoms with Crippen molar-refractivity contribution in [3.05, 3.63) is 30.3 Å². The SMILES string of the molecule is CCC(NC(=O)Oc1ccccc1)C(N)=S. The molecule has 0 spiro atoms. The first-order valence-corrected chi connectivity index (χ1v) is 5.37. The van der Waals surface area contributed by atoms with Crippen LogP contribution >= 0.6 is 12.2 Å². The number of rotatable bonds is 4. The average Bonchev–Trinajstić information content (AvgIpc) is 2.27. The van der Waals surface area contributed by atoms with Crippen molar-refractivity contribution in [2.75, 3.05) is 0 Å². The maximum atomic E-state index is 11.4. The van der Waals surface area contributed by atoms with Crippen LogP contribution in [0.25, 0.3) is 0 Å². The highest BCUT2D eigenvalue weighted by molar-refractivity contribution is 7.80. The molecular weight excluding hydrogens is 224 g/mol. The number of hydrogen-bond acceptors (Lipinski definition) is 3. The Morgan fingerprint density at radius 3 is 2.62 bits per heavy atom. The van der Waals surface area contributed by atoms with Crippen LogP contribution in [-0.4, -0.2) is 17.1 Å². The second kappa shape index (κ2) is 6.07. The Morgan fingerprint density at radius 2 is 2.12 bits per heavy atom. The summed E-state index contributed by atoms with van der Waals surface area (Å²) in [5, 5.41) is 2.59.